The molecule has 0 radical (unpaired) electrons. The third kappa shape index (κ3) is 5.59. The number of methoxy groups -OCH3 is 1. The van der Waals surface area contributed by atoms with Gasteiger partial charge >= 0.3 is 0 Å². The monoisotopic (exact) mass is 306 g/mol. The smallest absolute Gasteiger partial charge is 0.0900 e. The highest BCUT2D eigenvalue weighted by atomic mass is 16.5. The van der Waals surface area contributed by atoms with Crippen LogP contribution in [-0.2, 0) is 11.3 Å². The van der Waals surface area contributed by atoms with E-state index >= 15 is 0 Å². The summed E-state index contributed by atoms with van der Waals surface area (Å²) in [5.41, 5.74) is 2.62. The average Bonchev–Trinajstić information content (AvgIpc) is 2.77. The minimum absolute atomic E-state index is 0.387. The van der Waals surface area contributed by atoms with Crippen LogP contribution in [0, 0.1) is 0 Å². The van der Waals surface area contributed by atoms with E-state index in [0.29, 0.717) is 13.2 Å². The molecule has 1 aliphatic rings. The fourth-order valence-electron chi connectivity index (χ4n) is 3.12. The lowest BCUT2D eigenvalue weighted by Gasteiger charge is -2.24. The maximum absolute atomic E-state index is 9.77. The summed E-state index contributed by atoms with van der Waals surface area (Å²) in [5.74, 6) is 0. The molecule has 1 aliphatic heterocycles. The Morgan fingerprint density at radius 2 is 1.77 bits per heavy atom. The van der Waals surface area contributed by atoms with Crippen LogP contribution in [0.3, 0.4) is 0 Å². The summed E-state index contributed by atoms with van der Waals surface area (Å²) in [7, 11) is 3.65. The highest BCUT2D eigenvalue weighted by Gasteiger charge is 2.11. The fourth-order valence-corrected chi connectivity index (χ4v) is 3.12. The first-order valence-electron chi connectivity index (χ1n) is 8.38. The van der Waals surface area contributed by atoms with E-state index in [4.69, 9.17) is 4.74 Å². The maximum Gasteiger partial charge on any atom is 0.0900 e. The van der Waals surface area contributed by atoms with Gasteiger partial charge in [-0.3, -0.25) is 4.90 Å². The lowest BCUT2D eigenvalue weighted by molar-refractivity contribution is 0.0419. The van der Waals surface area contributed by atoms with E-state index in [-0.39, 0.29) is 0 Å². The van der Waals surface area contributed by atoms with Crippen molar-refractivity contribution in [1.29, 1.82) is 0 Å². The van der Waals surface area contributed by atoms with Gasteiger partial charge in [-0.1, -0.05) is 25.0 Å². The zero-order valence-electron chi connectivity index (χ0n) is 14.0. The molecule has 1 aromatic rings. The summed E-state index contributed by atoms with van der Waals surface area (Å²) in [6.45, 7) is 4.23. The fraction of sp³-hybridized carbons (Fsp3) is 0.667. The molecule has 0 bridgehead atoms. The Bertz CT molecular complexity index is 414. The summed E-state index contributed by atoms with van der Waals surface area (Å²) in [4.78, 5) is 4.63. The SMILES string of the molecule is COCC(O)CN(C)Cc1ccc(N2CCCCCC2)cc1. The molecular formula is C18H30N2O2. The van der Waals surface area contributed by atoms with E-state index in [0.717, 1.165) is 6.54 Å². The van der Waals surface area contributed by atoms with Crippen LogP contribution in [0.4, 0.5) is 5.69 Å². The summed E-state index contributed by atoms with van der Waals surface area (Å²) in [6.07, 6.45) is 4.92. The summed E-state index contributed by atoms with van der Waals surface area (Å²) in [6, 6.07) is 8.89. The van der Waals surface area contributed by atoms with Gasteiger partial charge in [0.05, 0.1) is 12.7 Å². The van der Waals surface area contributed by atoms with Gasteiger partial charge in [-0.15, -0.1) is 0 Å². The molecule has 22 heavy (non-hydrogen) atoms. The zero-order chi connectivity index (χ0) is 15.8. The number of likely N-dealkylation sites (N-methyl/N-ethyl adjacent to an activating group) is 1. The lowest BCUT2D eigenvalue weighted by atomic mass is 10.1. The normalized spacial score (nSPS) is 17.5. The predicted molar refractivity (Wildman–Crippen MR) is 91.3 cm³/mol. The molecule has 1 N–H and O–H groups in total. The van der Waals surface area contributed by atoms with Crippen LogP contribution >= 0.6 is 0 Å². The van der Waals surface area contributed by atoms with Gasteiger partial charge in [0.25, 0.3) is 0 Å². The highest BCUT2D eigenvalue weighted by molar-refractivity contribution is 5.47. The Labute approximate surface area is 134 Å². The zero-order valence-corrected chi connectivity index (χ0v) is 14.0. The molecule has 0 saturated carbocycles. The molecule has 0 aliphatic carbocycles. The largest absolute Gasteiger partial charge is 0.389 e. The molecule has 1 atom stereocenters. The number of rotatable bonds is 7. The van der Waals surface area contributed by atoms with Crippen LogP contribution < -0.4 is 4.90 Å². The molecule has 1 fully saturated rings. The van der Waals surface area contributed by atoms with Crippen LogP contribution in [0.15, 0.2) is 24.3 Å². The van der Waals surface area contributed by atoms with E-state index in [1.54, 1.807) is 7.11 Å². The van der Waals surface area contributed by atoms with Crippen LogP contribution in [0.25, 0.3) is 0 Å². The van der Waals surface area contributed by atoms with Crippen molar-refractivity contribution in [3.8, 4) is 0 Å². The number of benzene rings is 1. The first-order chi connectivity index (χ1) is 10.7. The molecule has 4 nitrogen and oxygen atoms in total. The minimum Gasteiger partial charge on any atom is -0.389 e. The number of hydrogen-bond donors (Lipinski definition) is 1. The Morgan fingerprint density at radius 1 is 1.14 bits per heavy atom. The second kappa shape index (κ2) is 9.13. The first kappa shape index (κ1) is 17.3. The third-order valence-electron chi connectivity index (χ3n) is 4.24. The quantitative estimate of drug-likeness (QED) is 0.840. The third-order valence-corrected chi connectivity index (χ3v) is 4.24. The van der Waals surface area contributed by atoms with E-state index < -0.39 is 6.10 Å². The second-order valence-corrected chi connectivity index (χ2v) is 6.37. The molecule has 1 aromatic carbocycles. The van der Waals surface area contributed by atoms with Crippen molar-refractivity contribution in [2.24, 2.45) is 0 Å². The van der Waals surface area contributed by atoms with Gasteiger partial charge in [0.2, 0.25) is 0 Å². The topological polar surface area (TPSA) is 35.9 Å². The molecule has 0 aromatic heterocycles. The molecular weight excluding hydrogens is 276 g/mol. The number of anilines is 1. The molecule has 1 unspecified atom stereocenters. The number of aliphatic hydroxyl groups excluding tert-OH is 1. The number of nitrogens with zero attached hydrogens (tertiary/aromatic N) is 2. The van der Waals surface area contributed by atoms with Crippen molar-refractivity contribution >= 4 is 5.69 Å². The van der Waals surface area contributed by atoms with E-state index in [9.17, 15) is 5.11 Å². The predicted octanol–water partition coefficient (Wildman–Crippen LogP) is 2.51. The van der Waals surface area contributed by atoms with Crippen molar-refractivity contribution in [3.05, 3.63) is 29.8 Å². The molecule has 4 heteroatoms. The molecule has 1 saturated heterocycles. The molecule has 0 amide bonds. The van der Waals surface area contributed by atoms with Crippen LogP contribution in [0.1, 0.15) is 31.2 Å². The highest BCUT2D eigenvalue weighted by Crippen LogP contribution is 2.20. The molecule has 124 valence electrons. The van der Waals surface area contributed by atoms with Gasteiger partial charge in [0.1, 0.15) is 0 Å². The molecule has 0 spiro atoms. The van der Waals surface area contributed by atoms with Gasteiger partial charge in [-0.05, 0) is 37.6 Å². The summed E-state index contributed by atoms with van der Waals surface area (Å²) < 4.78 is 4.97. The van der Waals surface area contributed by atoms with Crippen LogP contribution in [0.2, 0.25) is 0 Å². The number of aliphatic hydroxyl groups is 1. The van der Waals surface area contributed by atoms with Gasteiger partial charge in [-0.25, -0.2) is 0 Å². The van der Waals surface area contributed by atoms with Crippen molar-refractivity contribution in [1.82, 2.24) is 4.90 Å². The Morgan fingerprint density at radius 3 is 2.36 bits per heavy atom. The number of ether oxygens (including phenoxy) is 1. The average molecular weight is 306 g/mol. The van der Waals surface area contributed by atoms with Crippen LogP contribution in [0.5, 0.6) is 0 Å². The maximum atomic E-state index is 9.77. The van der Waals surface area contributed by atoms with Crippen molar-refractivity contribution < 1.29 is 9.84 Å². The van der Waals surface area contributed by atoms with Gasteiger partial charge in [-0.2, -0.15) is 0 Å². The van der Waals surface area contributed by atoms with Gasteiger partial charge in [0.15, 0.2) is 0 Å². The van der Waals surface area contributed by atoms with Crippen molar-refractivity contribution in [2.45, 2.75) is 38.3 Å². The molecule has 1 heterocycles. The van der Waals surface area contributed by atoms with Crippen LogP contribution in [-0.4, -0.2) is 56.5 Å². The first-order valence-corrected chi connectivity index (χ1v) is 8.38. The second-order valence-electron chi connectivity index (χ2n) is 6.37. The molecule has 2 rings (SSSR count). The van der Waals surface area contributed by atoms with Gasteiger partial charge in [0, 0.05) is 39.0 Å². The standard InChI is InChI=1S/C18H30N2O2/c1-19(14-18(21)15-22-2)13-16-7-9-17(10-8-16)20-11-5-3-4-6-12-20/h7-10,18,21H,3-6,11-15H2,1-2H3. The Hall–Kier alpha value is -1.10. The van der Waals surface area contributed by atoms with E-state index in [1.807, 2.05) is 7.05 Å². The Balaban J connectivity index is 1.85. The van der Waals surface area contributed by atoms with E-state index in [2.05, 4.69) is 34.1 Å². The van der Waals surface area contributed by atoms with Crippen molar-refractivity contribution in [2.75, 3.05) is 45.3 Å². The lowest BCUT2D eigenvalue weighted by Crippen LogP contribution is -2.31. The minimum atomic E-state index is -0.425. The Kier molecular flexibility index (Phi) is 7.16. The van der Waals surface area contributed by atoms with E-state index in [1.165, 1.54) is 50.0 Å². The summed E-state index contributed by atoms with van der Waals surface area (Å²) >= 11 is 0. The van der Waals surface area contributed by atoms with Crippen molar-refractivity contribution in [3.63, 3.8) is 0 Å². The van der Waals surface area contributed by atoms with Gasteiger partial charge < -0.3 is 14.7 Å². The summed E-state index contributed by atoms with van der Waals surface area (Å²) in [5, 5.41) is 9.77. The number of hydrogen-bond acceptors (Lipinski definition) is 4.